The third kappa shape index (κ3) is 10.1. The minimum atomic E-state index is -3.37. The van der Waals surface area contributed by atoms with Crippen LogP contribution >= 0.6 is 7.37 Å². The first-order chi connectivity index (χ1) is 18.7. The highest BCUT2D eigenvalue weighted by Crippen LogP contribution is 2.49. The van der Waals surface area contributed by atoms with Gasteiger partial charge in [-0.3, -0.25) is 14.2 Å². The Kier molecular flexibility index (Phi) is 12.5. The highest BCUT2D eigenvalue weighted by molar-refractivity contribution is 7.59. The van der Waals surface area contributed by atoms with E-state index < -0.39 is 25.3 Å². The summed E-state index contributed by atoms with van der Waals surface area (Å²) in [4.78, 5) is 38.7. The predicted octanol–water partition coefficient (Wildman–Crippen LogP) is 5.78. The molecular weight excluding hydrogens is 517 g/mol. The second-order valence-corrected chi connectivity index (χ2v) is 14.1. The van der Waals surface area contributed by atoms with Gasteiger partial charge in [0.25, 0.3) is 0 Å². The molecule has 2 aliphatic rings. The van der Waals surface area contributed by atoms with Gasteiger partial charge in [-0.05, 0) is 43.1 Å². The number of carboxylic acids is 1. The monoisotopic (exact) mass is 563 g/mol. The lowest BCUT2D eigenvalue weighted by atomic mass is 9.79. The molecule has 1 unspecified atom stereocenters. The summed E-state index contributed by atoms with van der Waals surface area (Å²) in [6, 6.07) is 9.19. The van der Waals surface area contributed by atoms with Crippen molar-refractivity contribution in [2.45, 2.75) is 84.1 Å². The molecule has 0 spiro atoms. The van der Waals surface area contributed by atoms with E-state index in [0.29, 0.717) is 31.7 Å². The molecular formula is C30H46NO7P. The van der Waals surface area contributed by atoms with E-state index in [-0.39, 0.29) is 43.3 Å². The zero-order valence-electron chi connectivity index (χ0n) is 23.6. The van der Waals surface area contributed by atoms with Crippen molar-refractivity contribution in [3.63, 3.8) is 0 Å². The maximum Gasteiger partial charge on any atom is 0.326 e. The fourth-order valence-electron chi connectivity index (χ4n) is 5.77. The molecule has 1 aliphatic heterocycles. The van der Waals surface area contributed by atoms with Gasteiger partial charge in [0, 0.05) is 19.1 Å². The van der Waals surface area contributed by atoms with Crippen LogP contribution in [0.1, 0.15) is 77.2 Å². The lowest BCUT2D eigenvalue weighted by Gasteiger charge is -2.28. The van der Waals surface area contributed by atoms with Gasteiger partial charge in [-0.2, -0.15) is 0 Å². The van der Waals surface area contributed by atoms with Crippen molar-refractivity contribution in [2.24, 2.45) is 17.8 Å². The number of amides is 1. The summed E-state index contributed by atoms with van der Waals surface area (Å²) in [5.74, 6) is -1.27. The van der Waals surface area contributed by atoms with Crippen LogP contribution in [0.25, 0.3) is 0 Å². The number of esters is 1. The van der Waals surface area contributed by atoms with Gasteiger partial charge in [0.1, 0.15) is 12.2 Å². The van der Waals surface area contributed by atoms with E-state index in [9.17, 15) is 24.1 Å². The number of ether oxygens (including phenoxy) is 1. The van der Waals surface area contributed by atoms with Crippen LogP contribution in [0, 0.1) is 17.8 Å². The summed E-state index contributed by atoms with van der Waals surface area (Å²) >= 11 is 0. The Labute approximate surface area is 233 Å². The van der Waals surface area contributed by atoms with Crippen LogP contribution in [0.3, 0.4) is 0 Å². The number of likely N-dealkylation sites (tertiary alicyclic amines) is 1. The summed E-state index contributed by atoms with van der Waals surface area (Å²) < 4.78 is 25.0. The summed E-state index contributed by atoms with van der Waals surface area (Å²) in [7, 11) is -3.37. The number of benzene rings is 1. The SMILES string of the molecule is CC(C)C(=O)OCCCOP(=O)(CCCCc1ccccc1)CC(=O)N1C[C@@H](C2CCCCC2)C[C@@H]1C(=O)O. The van der Waals surface area contributed by atoms with Crippen molar-refractivity contribution in [3.05, 3.63) is 35.9 Å². The first-order valence-electron chi connectivity index (χ1n) is 14.6. The molecule has 3 rings (SSSR count). The number of hydrogen-bond acceptors (Lipinski definition) is 6. The van der Waals surface area contributed by atoms with E-state index in [4.69, 9.17) is 9.26 Å². The number of carbonyl (C=O) groups excluding carboxylic acids is 2. The first kappa shape index (κ1) is 31.3. The number of unbranched alkanes of at least 4 members (excludes halogenated alkanes) is 1. The maximum atomic E-state index is 13.9. The zero-order valence-corrected chi connectivity index (χ0v) is 24.5. The molecule has 0 aromatic heterocycles. The largest absolute Gasteiger partial charge is 0.480 e. The molecule has 39 heavy (non-hydrogen) atoms. The average Bonchev–Trinajstić information content (AvgIpc) is 3.38. The molecule has 0 bridgehead atoms. The Morgan fingerprint density at radius 2 is 1.72 bits per heavy atom. The Morgan fingerprint density at radius 1 is 1.00 bits per heavy atom. The molecule has 1 amide bonds. The zero-order chi connectivity index (χ0) is 28.3. The van der Waals surface area contributed by atoms with Crippen molar-refractivity contribution < 1.29 is 33.3 Å². The van der Waals surface area contributed by atoms with Gasteiger partial charge in [0.2, 0.25) is 13.3 Å². The number of nitrogens with zero attached hydrogens (tertiary/aromatic N) is 1. The molecule has 1 heterocycles. The van der Waals surface area contributed by atoms with Gasteiger partial charge in [-0.15, -0.1) is 0 Å². The Bertz CT molecular complexity index is 977. The van der Waals surface area contributed by atoms with Crippen LogP contribution in [0.15, 0.2) is 30.3 Å². The van der Waals surface area contributed by atoms with Gasteiger partial charge in [-0.25, -0.2) is 4.79 Å². The number of carboxylic acid groups (broad SMARTS) is 1. The molecule has 1 saturated carbocycles. The van der Waals surface area contributed by atoms with Crippen molar-refractivity contribution in [1.82, 2.24) is 4.90 Å². The summed E-state index contributed by atoms with van der Waals surface area (Å²) in [5.41, 5.74) is 1.20. The number of rotatable bonds is 15. The van der Waals surface area contributed by atoms with Crippen LogP contribution in [0.4, 0.5) is 0 Å². The van der Waals surface area contributed by atoms with Gasteiger partial charge in [0.05, 0.1) is 19.1 Å². The molecule has 0 radical (unpaired) electrons. The third-order valence-electron chi connectivity index (χ3n) is 8.02. The van der Waals surface area contributed by atoms with Crippen molar-refractivity contribution >= 4 is 25.2 Å². The Hall–Kier alpha value is -2.18. The number of carbonyl (C=O) groups is 3. The molecule has 1 aromatic carbocycles. The fourth-order valence-corrected chi connectivity index (χ4v) is 7.91. The van der Waals surface area contributed by atoms with Gasteiger partial charge < -0.3 is 19.3 Å². The smallest absolute Gasteiger partial charge is 0.326 e. The van der Waals surface area contributed by atoms with Gasteiger partial charge >= 0.3 is 11.9 Å². The van der Waals surface area contributed by atoms with E-state index in [1.807, 2.05) is 18.2 Å². The van der Waals surface area contributed by atoms with Crippen LogP contribution in [0.2, 0.25) is 0 Å². The highest BCUT2D eigenvalue weighted by Gasteiger charge is 2.44. The molecule has 1 saturated heterocycles. The van der Waals surface area contributed by atoms with Crippen molar-refractivity contribution in [3.8, 4) is 0 Å². The quantitative estimate of drug-likeness (QED) is 0.164. The normalized spacial score (nSPS) is 21.6. The Morgan fingerprint density at radius 3 is 2.38 bits per heavy atom. The van der Waals surface area contributed by atoms with E-state index in [0.717, 1.165) is 38.5 Å². The number of hydrogen-bond donors (Lipinski definition) is 1. The molecule has 9 heteroatoms. The minimum Gasteiger partial charge on any atom is -0.480 e. The topological polar surface area (TPSA) is 110 Å². The summed E-state index contributed by atoms with van der Waals surface area (Å²) in [5, 5.41) is 9.88. The lowest BCUT2D eigenvalue weighted by Crippen LogP contribution is -2.42. The lowest BCUT2D eigenvalue weighted by molar-refractivity contribution is -0.147. The predicted molar refractivity (Wildman–Crippen MR) is 151 cm³/mol. The standard InChI is InChI=1S/C30H46NO7P/c1-23(2)30(35)37-17-11-18-38-39(36,19-10-9-14-24-12-5-3-6-13-24)22-28(32)31-21-26(20-27(31)29(33)34)25-15-7-4-8-16-25/h3,5-6,12-13,23,25-27H,4,7-11,14-22H2,1-2H3,(H,33,34)/t26-,27+,39?/m0/s1. The molecule has 3 atom stereocenters. The van der Waals surface area contributed by atoms with Gasteiger partial charge in [0.15, 0.2) is 0 Å². The van der Waals surface area contributed by atoms with E-state index in [1.165, 1.54) is 16.9 Å². The summed E-state index contributed by atoms with van der Waals surface area (Å²) in [6.45, 7) is 4.21. The number of aryl methyl sites for hydroxylation is 1. The van der Waals surface area contributed by atoms with E-state index in [1.54, 1.807) is 13.8 Å². The third-order valence-corrected chi connectivity index (χ3v) is 10.4. The molecule has 2 fully saturated rings. The molecule has 218 valence electrons. The molecule has 1 aliphatic carbocycles. The molecule has 8 nitrogen and oxygen atoms in total. The Balaban J connectivity index is 1.60. The summed E-state index contributed by atoms with van der Waals surface area (Å²) in [6.07, 6.45) is 8.81. The van der Waals surface area contributed by atoms with Crippen LogP contribution < -0.4 is 0 Å². The average molecular weight is 564 g/mol. The van der Waals surface area contributed by atoms with Crippen LogP contribution in [-0.2, 0) is 34.6 Å². The minimum absolute atomic E-state index is 0.113. The second kappa shape index (κ2) is 15.6. The molecule has 1 aromatic rings. The van der Waals surface area contributed by atoms with E-state index >= 15 is 0 Å². The maximum absolute atomic E-state index is 13.9. The van der Waals surface area contributed by atoms with Crippen LogP contribution in [0.5, 0.6) is 0 Å². The molecule has 1 N–H and O–H groups in total. The number of aliphatic carboxylic acids is 1. The van der Waals surface area contributed by atoms with E-state index in [2.05, 4.69) is 12.1 Å². The fraction of sp³-hybridized carbons (Fsp3) is 0.700. The van der Waals surface area contributed by atoms with Crippen LogP contribution in [-0.4, -0.2) is 66.0 Å². The van der Waals surface area contributed by atoms with Gasteiger partial charge in [-0.1, -0.05) is 76.3 Å². The second-order valence-electron chi connectivity index (χ2n) is 11.4. The van der Waals surface area contributed by atoms with Crippen molar-refractivity contribution in [2.75, 3.05) is 32.1 Å². The highest BCUT2D eigenvalue weighted by atomic mass is 31.2. The van der Waals surface area contributed by atoms with Crippen molar-refractivity contribution in [1.29, 1.82) is 0 Å². The first-order valence-corrected chi connectivity index (χ1v) is 16.6.